The van der Waals surface area contributed by atoms with Crippen molar-refractivity contribution in [1.29, 1.82) is 0 Å². The van der Waals surface area contributed by atoms with Gasteiger partial charge in [0, 0.05) is 34.7 Å². The smallest absolute Gasteiger partial charge is 0.243 e. The van der Waals surface area contributed by atoms with Gasteiger partial charge in [-0.05, 0) is 50.5 Å². The van der Waals surface area contributed by atoms with Crippen LogP contribution in [0.4, 0.5) is 0 Å². The Bertz CT molecular complexity index is 857. The second kappa shape index (κ2) is 12.8. The Kier molecular flexibility index (Phi) is 10.4. The fraction of sp³-hybridized carbons (Fsp3) is 0.440. The van der Waals surface area contributed by atoms with Crippen LogP contribution >= 0.6 is 23.4 Å². The Morgan fingerprint density at radius 2 is 1.74 bits per heavy atom. The zero-order valence-electron chi connectivity index (χ0n) is 18.9. The van der Waals surface area contributed by atoms with E-state index in [1.807, 2.05) is 45.0 Å². The molecule has 2 aromatic carbocycles. The number of halogens is 1. The molecule has 31 heavy (non-hydrogen) atoms. The zero-order chi connectivity index (χ0) is 22.8. The number of hydrogen-bond acceptors (Lipinski definition) is 3. The lowest BCUT2D eigenvalue weighted by Crippen LogP contribution is -2.50. The molecule has 0 radical (unpaired) electrons. The van der Waals surface area contributed by atoms with Crippen LogP contribution in [0.1, 0.15) is 51.2 Å². The van der Waals surface area contributed by atoms with Gasteiger partial charge in [0.1, 0.15) is 6.04 Å². The van der Waals surface area contributed by atoms with Crippen LogP contribution in [0, 0.1) is 6.92 Å². The largest absolute Gasteiger partial charge is 0.352 e. The van der Waals surface area contributed by atoms with Gasteiger partial charge >= 0.3 is 0 Å². The van der Waals surface area contributed by atoms with Gasteiger partial charge in [0.2, 0.25) is 11.8 Å². The van der Waals surface area contributed by atoms with E-state index in [1.165, 1.54) is 5.56 Å². The molecule has 0 fully saturated rings. The third-order valence-corrected chi connectivity index (χ3v) is 6.67. The molecule has 2 aromatic rings. The summed E-state index contributed by atoms with van der Waals surface area (Å²) in [4.78, 5) is 29.0. The van der Waals surface area contributed by atoms with Crippen LogP contribution in [0.2, 0.25) is 5.02 Å². The van der Waals surface area contributed by atoms with E-state index in [-0.39, 0.29) is 17.9 Å². The van der Waals surface area contributed by atoms with Crippen LogP contribution in [0.15, 0.2) is 53.4 Å². The predicted molar refractivity (Wildman–Crippen MR) is 130 cm³/mol. The maximum absolute atomic E-state index is 13.3. The summed E-state index contributed by atoms with van der Waals surface area (Å²) >= 11 is 8.01. The standard InChI is InChI=1S/C25H33ClN2O2S/c1-5-19(4)27-25(30)23(6-2)28(17-20-9-7-8-10-22(20)26)24(29)15-16-31-21-13-11-18(3)12-14-21/h7-14,19,23H,5-6,15-17H2,1-4H3,(H,27,30)/t19-,23-/m1/s1. The van der Waals surface area contributed by atoms with E-state index < -0.39 is 6.04 Å². The summed E-state index contributed by atoms with van der Waals surface area (Å²) in [6.45, 7) is 8.32. The molecule has 0 saturated heterocycles. The molecule has 0 bridgehead atoms. The van der Waals surface area contributed by atoms with E-state index in [4.69, 9.17) is 11.6 Å². The summed E-state index contributed by atoms with van der Waals surface area (Å²) in [5.41, 5.74) is 2.06. The lowest BCUT2D eigenvalue weighted by atomic mass is 10.1. The third kappa shape index (κ3) is 7.89. The van der Waals surface area contributed by atoms with Crippen LogP contribution in [0.5, 0.6) is 0 Å². The number of nitrogens with zero attached hydrogens (tertiary/aromatic N) is 1. The van der Waals surface area contributed by atoms with Crippen LogP contribution in [-0.2, 0) is 16.1 Å². The highest BCUT2D eigenvalue weighted by Crippen LogP contribution is 2.23. The summed E-state index contributed by atoms with van der Waals surface area (Å²) in [6.07, 6.45) is 1.74. The minimum Gasteiger partial charge on any atom is -0.352 e. The molecule has 0 saturated carbocycles. The van der Waals surface area contributed by atoms with E-state index in [0.29, 0.717) is 30.2 Å². The molecule has 4 nitrogen and oxygen atoms in total. The first-order valence-corrected chi connectivity index (χ1v) is 12.2. The van der Waals surface area contributed by atoms with Gasteiger partial charge in [0.05, 0.1) is 0 Å². The fourth-order valence-electron chi connectivity index (χ4n) is 3.21. The topological polar surface area (TPSA) is 49.4 Å². The maximum Gasteiger partial charge on any atom is 0.243 e. The van der Waals surface area contributed by atoms with Crippen molar-refractivity contribution >= 4 is 35.2 Å². The van der Waals surface area contributed by atoms with Crippen molar-refractivity contribution < 1.29 is 9.59 Å². The number of aryl methyl sites for hydroxylation is 1. The van der Waals surface area contributed by atoms with Gasteiger partial charge in [0.15, 0.2) is 0 Å². The molecule has 0 aliphatic heterocycles. The highest BCUT2D eigenvalue weighted by Gasteiger charge is 2.29. The number of thioether (sulfide) groups is 1. The summed E-state index contributed by atoms with van der Waals surface area (Å²) in [5, 5.41) is 3.64. The van der Waals surface area contributed by atoms with Crippen molar-refractivity contribution in [2.24, 2.45) is 0 Å². The number of nitrogens with one attached hydrogen (secondary N) is 1. The molecule has 0 aliphatic carbocycles. The van der Waals surface area contributed by atoms with Crippen molar-refractivity contribution in [2.45, 2.75) is 70.5 Å². The van der Waals surface area contributed by atoms with E-state index in [9.17, 15) is 9.59 Å². The van der Waals surface area contributed by atoms with Gasteiger partial charge in [-0.3, -0.25) is 9.59 Å². The molecule has 0 heterocycles. The average Bonchev–Trinajstić information content (AvgIpc) is 2.76. The van der Waals surface area contributed by atoms with Gasteiger partial charge in [0.25, 0.3) is 0 Å². The molecular formula is C25H33ClN2O2S. The molecule has 0 aromatic heterocycles. The summed E-state index contributed by atoms with van der Waals surface area (Å²) in [5.74, 6) is 0.513. The van der Waals surface area contributed by atoms with E-state index in [1.54, 1.807) is 16.7 Å². The first-order chi connectivity index (χ1) is 14.8. The van der Waals surface area contributed by atoms with Crippen LogP contribution < -0.4 is 5.32 Å². The number of amides is 2. The molecular weight excluding hydrogens is 428 g/mol. The first-order valence-electron chi connectivity index (χ1n) is 10.9. The molecule has 0 aliphatic rings. The molecule has 6 heteroatoms. The Labute approximate surface area is 195 Å². The van der Waals surface area contributed by atoms with Crippen LogP contribution in [0.25, 0.3) is 0 Å². The van der Waals surface area contributed by atoms with Gasteiger partial charge in [-0.25, -0.2) is 0 Å². The predicted octanol–water partition coefficient (Wildman–Crippen LogP) is 5.85. The van der Waals surface area contributed by atoms with Gasteiger partial charge < -0.3 is 10.2 Å². The summed E-state index contributed by atoms with van der Waals surface area (Å²) in [7, 11) is 0. The molecule has 1 N–H and O–H groups in total. The molecule has 2 atom stereocenters. The van der Waals surface area contributed by atoms with E-state index >= 15 is 0 Å². The Balaban J connectivity index is 2.14. The van der Waals surface area contributed by atoms with Crippen LogP contribution in [-0.4, -0.2) is 34.6 Å². The van der Waals surface area contributed by atoms with Gasteiger partial charge in [-0.1, -0.05) is 61.3 Å². The number of benzene rings is 2. The fourth-order valence-corrected chi connectivity index (χ4v) is 4.24. The minimum absolute atomic E-state index is 0.0364. The monoisotopic (exact) mass is 460 g/mol. The molecule has 168 valence electrons. The lowest BCUT2D eigenvalue weighted by Gasteiger charge is -2.31. The minimum atomic E-state index is -0.526. The first kappa shape index (κ1) is 25.3. The summed E-state index contributed by atoms with van der Waals surface area (Å²) < 4.78 is 0. The maximum atomic E-state index is 13.3. The Hall–Kier alpha value is -1.98. The number of hydrogen-bond donors (Lipinski definition) is 1. The molecule has 2 rings (SSSR count). The molecule has 0 unspecified atom stereocenters. The van der Waals surface area contributed by atoms with Gasteiger partial charge in [-0.15, -0.1) is 11.8 Å². The second-order valence-corrected chi connectivity index (χ2v) is 9.34. The average molecular weight is 461 g/mol. The van der Waals surface area contributed by atoms with E-state index in [0.717, 1.165) is 16.9 Å². The SMILES string of the molecule is CC[C@@H](C)NC(=O)[C@@H](CC)N(Cc1ccccc1Cl)C(=O)CCSc1ccc(C)cc1. The second-order valence-electron chi connectivity index (χ2n) is 7.77. The Morgan fingerprint density at radius 3 is 2.35 bits per heavy atom. The van der Waals surface area contributed by atoms with Crippen molar-refractivity contribution in [3.05, 3.63) is 64.7 Å². The lowest BCUT2D eigenvalue weighted by molar-refractivity contribution is -0.141. The highest BCUT2D eigenvalue weighted by molar-refractivity contribution is 7.99. The van der Waals surface area contributed by atoms with Crippen molar-refractivity contribution in [3.63, 3.8) is 0 Å². The summed E-state index contributed by atoms with van der Waals surface area (Å²) in [6, 6.07) is 15.3. The molecule has 2 amide bonds. The number of carbonyl (C=O) groups is 2. The van der Waals surface area contributed by atoms with Crippen molar-refractivity contribution in [2.75, 3.05) is 5.75 Å². The number of carbonyl (C=O) groups excluding carboxylic acids is 2. The quantitative estimate of drug-likeness (QED) is 0.427. The third-order valence-electron chi connectivity index (χ3n) is 5.29. The van der Waals surface area contributed by atoms with Crippen molar-refractivity contribution in [1.82, 2.24) is 10.2 Å². The Morgan fingerprint density at radius 1 is 1.06 bits per heavy atom. The molecule has 0 spiro atoms. The van der Waals surface area contributed by atoms with Crippen LogP contribution in [0.3, 0.4) is 0 Å². The normalized spacial score (nSPS) is 12.8. The van der Waals surface area contributed by atoms with E-state index in [2.05, 4.69) is 36.5 Å². The highest BCUT2D eigenvalue weighted by atomic mass is 35.5. The zero-order valence-corrected chi connectivity index (χ0v) is 20.4. The number of rotatable bonds is 11. The van der Waals surface area contributed by atoms with Crippen molar-refractivity contribution in [3.8, 4) is 0 Å². The van der Waals surface area contributed by atoms with Gasteiger partial charge in [-0.2, -0.15) is 0 Å².